The molecule has 2 unspecified atom stereocenters. The molecule has 0 saturated carbocycles. The minimum Gasteiger partial charge on any atom is -0.435 e. The molecule has 0 aromatic heterocycles. The van der Waals surface area contributed by atoms with Gasteiger partial charge in [-0.1, -0.05) is 11.8 Å². The number of rotatable bonds is 5. The summed E-state index contributed by atoms with van der Waals surface area (Å²) in [4.78, 5) is 48.9. The van der Waals surface area contributed by atoms with Crippen molar-refractivity contribution in [2.24, 2.45) is 0 Å². The first kappa shape index (κ1) is 20.3. The summed E-state index contributed by atoms with van der Waals surface area (Å²) in [5.41, 5.74) is 0.175. The third kappa shape index (κ3) is 4.02. The van der Waals surface area contributed by atoms with E-state index in [1.807, 2.05) is 0 Å². The molecule has 1 heterocycles. The Morgan fingerprint density at radius 2 is 1.88 bits per heavy atom. The number of quaternary nitrogens is 1. The van der Waals surface area contributed by atoms with Gasteiger partial charge in [0.2, 0.25) is 0 Å². The number of likely N-dealkylation sites (tertiary alicyclic amines) is 1. The summed E-state index contributed by atoms with van der Waals surface area (Å²) in [6.07, 6.45) is -0.387. The summed E-state index contributed by atoms with van der Waals surface area (Å²) in [6.45, 7) is 3.16. The molecule has 0 radical (unpaired) electrons. The second kappa shape index (κ2) is 8.09. The summed E-state index contributed by atoms with van der Waals surface area (Å²) in [6, 6.07) is 4.44. The zero-order valence-corrected chi connectivity index (χ0v) is 15.4. The highest BCUT2D eigenvalue weighted by molar-refractivity contribution is 8.14. The third-order valence-electron chi connectivity index (χ3n) is 4.76. The standard InChI is InChI=1S/C18H20FNO5S/c1-11-4-3-9-20(11,18(24)25)16(22)10-15(26-12(2)21)17(23)13-5-7-14(19)8-6-13/h5-8,11,15H,3-4,9-10H2,1-2H3/p+1/t11-,15?,20?/m1/s1. The number of carbonyl (C=O) groups is 4. The van der Waals surface area contributed by atoms with Crippen molar-refractivity contribution >= 4 is 34.7 Å². The molecule has 140 valence electrons. The molecule has 1 aromatic rings. The minimum absolute atomic E-state index is 0.175. The van der Waals surface area contributed by atoms with Crippen LogP contribution in [-0.2, 0) is 9.59 Å². The fraction of sp³-hybridized carbons (Fsp3) is 0.444. The molecule has 0 aliphatic carbocycles. The van der Waals surface area contributed by atoms with Crippen LogP contribution in [0.3, 0.4) is 0 Å². The van der Waals surface area contributed by atoms with E-state index in [1.165, 1.54) is 19.1 Å². The Kier molecular flexibility index (Phi) is 6.30. The molecular weight excluding hydrogens is 361 g/mol. The molecule has 3 atom stereocenters. The van der Waals surface area contributed by atoms with Crippen LogP contribution in [0.25, 0.3) is 0 Å². The van der Waals surface area contributed by atoms with Crippen LogP contribution in [0.5, 0.6) is 0 Å². The molecular formula is C18H21FNO5S+. The third-order valence-corrected chi connectivity index (χ3v) is 5.76. The molecule has 1 N–H and O–H groups in total. The number of ketones is 1. The van der Waals surface area contributed by atoms with Gasteiger partial charge in [0.15, 0.2) is 10.9 Å². The highest BCUT2D eigenvalue weighted by Crippen LogP contribution is 2.31. The van der Waals surface area contributed by atoms with E-state index < -0.39 is 33.3 Å². The highest BCUT2D eigenvalue weighted by atomic mass is 32.2. The maximum atomic E-state index is 13.1. The minimum atomic E-state index is -1.24. The Morgan fingerprint density at radius 1 is 1.27 bits per heavy atom. The van der Waals surface area contributed by atoms with Crippen LogP contribution in [0.4, 0.5) is 9.18 Å². The van der Waals surface area contributed by atoms with Gasteiger partial charge in [0.25, 0.3) is 0 Å². The predicted molar refractivity (Wildman–Crippen MR) is 94.3 cm³/mol. The van der Waals surface area contributed by atoms with Crippen LogP contribution in [0, 0.1) is 5.82 Å². The number of imide groups is 1. The topological polar surface area (TPSA) is 88.5 Å². The molecule has 6 nitrogen and oxygen atoms in total. The van der Waals surface area contributed by atoms with Crippen LogP contribution in [0.15, 0.2) is 24.3 Å². The largest absolute Gasteiger partial charge is 0.521 e. The van der Waals surface area contributed by atoms with Crippen molar-refractivity contribution in [1.29, 1.82) is 0 Å². The summed E-state index contributed by atoms with van der Waals surface area (Å²) in [5.74, 6) is -1.58. The van der Waals surface area contributed by atoms with Crippen LogP contribution in [0.2, 0.25) is 0 Å². The second-order valence-corrected chi connectivity index (χ2v) is 7.81. The number of nitrogens with zero attached hydrogens (tertiary/aromatic N) is 1. The molecule has 1 aliphatic rings. The number of hydrogen-bond donors (Lipinski definition) is 1. The Hall–Kier alpha value is -2.06. The van der Waals surface area contributed by atoms with E-state index in [2.05, 4.69) is 0 Å². The van der Waals surface area contributed by atoms with Gasteiger partial charge in [0.1, 0.15) is 11.9 Å². The first-order valence-electron chi connectivity index (χ1n) is 8.30. The van der Waals surface area contributed by atoms with Crippen molar-refractivity contribution in [3.63, 3.8) is 0 Å². The van der Waals surface area contributed by atoms with E-state index in [9.17, 15) is 28.7 Å². The van der Waals surface area contributed by atoms with Crippen LogP contribution < -0.4 is 0 Å². The second-order valence-electron chi connectivity index (χ2n) is 6.43. The summed E-state index contributed by atoms with van der Waals surface area (Å²) in [5, 5.41) is 8.25. The molecule has 2 rings (SSSR count). The predicted octanol–water partition coefficient (Wildman–Crippen LogP) is 3.25. The van der Waals surface area contributed by atoms with Gasteiger partial charge < -0.3 is 5.11 Å². The van der Waals surface area contributed by atoms with Crippen LogP contribution in [0.1, 0.15) is 43.5 Å². The van der Waals surface area contributed by atoms with E-state index in [4.69, 9.17) is 0 Å². The van der Waals surface area contributed by atoms with E-state index in [1.54, 1.807) is 6.92 Å². The molecule has 0 bridgehead atoms. The van der Waals surface area contributed by atoms with Crippen LogP contribution in [-0.4, -0.2) is 50.3 Å². The average Bonchev–Trinajstić information content (AvgIpc) is 2.96. The Balaban J connectivity index is 2.28. The smallest absolute Gasteiger partial charge is 0.435 e. The van der Waals surface area contributed by atoms with E-state index in [-0.39, 0.29) is 29.7 Å². The van der Waals surface area contributed by atoms with Gasteiger partial charge in [-0.25, -0.2) is 9.18 Å². The number of carbonyl (C=O) groups excluding carboxylic acids is 3. The van der Waals surface area contributed by atoms with E-state index >= 15 is 0 Å². The molecule has 26 heavy (non-hydrogen) atoms. The lowest BCUT2D eigenvalue weighted by atomic mass is 10.0. The Bertz CT molecular complexity index is 736. The number of carboxylic acid groups (broad SMARTS) is 1. The van der Waals surface area contributed by atoms with E-state index in [0.29, 0.717) is 24.6 Å². The van der Waals surface area contributed by atoms with Gasteiger partial charge in [0.05, 0.1) is 18.2 Å². The molecule has 1 aromatic carbocycles. The lowest BCUT2D eigenvalue weighted by Crippen LogP contribution is -2.59. The molecule has 2 amide bonds. The van der Waals surface area contributed by atoms with Crippen LogP contribution >= 0.6 is 11.8 Å². The zero-order chi connectivity index (χ0) is 19.5. The quantitative estimate of drug-likeness (QED) is 0.621. The number of hydrogen-bond acceptors (Lipinski definition) is 5. The first-order chi connectivity index (χ1) is 12.2. The number of amides is 2. The Labute approximate surface area is 155 Å². The van der Waals surface area contributed by atoms with Crippen molar-refractivity contribution in [3.05, 3.63) is 35.6 Å². The van der Waals surface area contributed by atoms with Crippen molar-refractivity contribution in [3.8, 4) is 0 Å². The Morgan fingerprint density at radius 3 is 2.35 bits per heavy atom. The first-order valence-corrected chi connectivity index (χ1v) is 9.18. The van der Waals surface area contributed by atoms with Crippen molar-refractivity contribution in [2.45, 2.75) is 44.4 Å². The summed E-state index contributed by atoms with van der Waals surface area (Å²) in [7, 11) is 0. The number of benzene rings is 1. The maximum absolute atomic E-state index is 13.1. The fourth-order valence-electron chi connectivity index (χ4n) is 3.35. The summed E-state index contributed by atoms with van der Waals surface area (Å²) >= 11 is 0.700. The number of thioether (sulfide) groups is 1. The highest BCUT2D eigenvalue weighted by Gasteiger charge is 2.53. The van der Waals surface area contributed by atoms with Gasteiger partial charge in [-0.2, -0.15) is 9.28 Å². The van der Waals surface area contributed by atoms with Gasteiger partial charge in [-0.05, 0) is 31.2 Å². The number of halogens is 1. The van der Waals surface area contributed by atoms with Gasteiger partial charge in [-0.3, -0.25) is 9.59 Å². The zero-order valence-electron chi connectivity index (χ0n) is 14.6. The monoisotopic (exact) mass is 382 g/mol. The molecule has 0 spiro atoms. The lowest BCUT2D eigenvalue weighted by Gasteiger charge is -2.30. The van der Waals surface area contributed by atoms with Gasteiger partial charge in [0, 0.05) is 25.3 Å². The van der Waals surface area contributed by atoms with E-state index in [0.717, 1.165) is 12.1 Å². The number of Topliss-reactive ketones (excluding diaryl/α,β-unsaturated/α-hetero) is 1. The summed E-state index contributed by atoms with van der Waals surface area (Å²) < 4.78 is 12.3. The van der Waals surface area contributed by atoms with Gasteiger partial charge in [-0.15, -0.1) is 0 Å². The molecule has 8 heteroatoms. The van der Waals surface area contributed by atoms with Crippen molar-refractivity contribution < 1.29 is 33.2 Å². The normalized spacial score (nSPS) is 23.4. The fourth-order valence-corrected chi connectivity index (χ4v) is 4.22. The molecule has 1 fully saturated rings. The molecule has 1 saturated heterocycles. The lowest BCUT2D eigenvalue weighted by molar-refractivity contribution is -0.792. The van der Waals surface area contributed by atoms with Crippen molar-refractivity contribution in [1.82, 2.24) is 0 Å². The maximum Gasteiger partial charge on any atom is 0.521 e. The van der Waals surface area contributed by atoms with Gasteiger partial charge >= 0.3 is 12.0 Å². The van der Waals surface area contributed by atoms with Crippen molar-refractivity contribution in [2.75, 3.05) is 6.54 Å². The average molecular weight is 382 g/mol. The SMILES string of the molecule is CC(=O)SC(CC(=O)[N+]1(C(=O)O)CCC[C@H]1C)C(=O)c1ccc(F)cc1. The molecule has 1 aliphatic heterocycles.